The zero-order chi connectivity index (χ0) is 13.7. The van der Waals surface area contributed by atoms with Crippen molar-refractivity contribution in [3.8, 4) is 0 Å². The molecule has 0 radical (unpaired) electrons. The van der Waals surface area contributed by atoms with Crippen LogP contribution in [0.15, 0.2) is 18.2 Å². The molecule has 0 aliphatic carbocycles. The van der Waals surface area contributed by atoms with E-state index in [0.29, 0.717) is 6.54 Å². The standard InChI is InChI=1S/C12H15FN2O3/c1-3-15(2)10(16)7-14-11-8(12(17)18)5-4-6-9(11)13/h4-6,14H,3,7H2,1-2H3,(H,17,18). The highest BCUT2D eigenvalue weighted by Gasteiger charge is 2.15. The van der Waals surface area contributed by atoms with E-state index in [4.69, 9.17) is 5.11 Å². The van der Waals surface area contributed by atoms with Crippen LogP contribution in [0, 0.1) is 5.82 Å². The van der Waals surface area contributed by atoms with Crippen LogP contribution < -0.4 is 5.32 Å². The molecule has 5 nitrogen and oxygen atoms in total. The first-order valence-corrected chi connectivity index (χ1v) is 5.47. The lowest BCUT2D eigenvalue weighted by molar-refractivity contribution is -0.127. The number of nitrogens with one attached hydrogen (secondary N) is 1. The Morgan fingerprint density at radius 3 is 2.67 bits per heavy atom. The van der Waals surface area contributed by atoms with E-state index in [0.717, 1.165) is 6.07 Å². The number of likely N-dealkylation sites (N-methyl/N-ethyl adjacent to an activating group) is 1. The van der Waals surface area contributed by atoms with Gasteiger partial charge in [-0.15, -0.1) is 0 Å². The van der Waals surface area contributed by atoms with Crippen LogP contribution in [-0.4, -0.2) is 42.0 Å². The van der Waals surface area contributed by atoms with Gasteiger partial charge in [0.2, 0.25) is 5.91 Å². The van der Waals surface area contributed by atoms with Crippen LogP contribution >= 0.6 is 0 Å². The average molecular weight is 254 g/mol. The molecule has 1 amide bonds. The quantitative estimate of drug-likeness (QED) is 0.833. The summed E-state index contributed by atoms with van der Waals surface area (Å²) < 4.78 is 13.5. The van der Waals surface area contributed by atoms with E-state index in [1.54, 1.807) is 7.05 Å². The van der Waals surface area contributed by atoms with Crippen LogP contribution in [0.5, 0.6) is 0 Å². The van der Waals surface area contributed by atoms with Crippen molar-refractivity contribution in [1.29, 1.82) is 0 Å². The monoisotopic (exact) mass is 254 g/mol. The van der Waals surface area contributed by atoms with E-state index >= 15 is 0 Å². The molecular weight excluding hydrogens is 239 g/mol. The fourth-order valence-corrected chi connectivity index (χ4v) is 1.36. The van der Waals surface area contributed by atoms with Gasteiger partial charge in [0.1, 0.15) is 5.82 Å². The molecule has 0 fully saturated rings. The Kier molecular flexibility index (Phi) is 4.65. The van der Waals surface area contributed by atoms with Crippen molar-refractivity contribution >= 4 is 17.6 Å². The lowest BCUT2D eigenvalue weighted by Gasteiger charge is -2.16. The highest BCUT2D eigenvalue weighted by Crippen LogP contribution is 2.19. The van der Waals surface area contributed by atoms with E-state index in [1.807, 2.05) is 6.92 Å². The van der Waals surface area contributed by atoms with Crippen LogP contribution in [0.4, 0.5) is 10.1 Å². The number of hydrogen-bond acceptors (Lipinski definition) is 3. The van der Waals surface area contributed by atoms with Crippen molar-refractivity contribution in [2.75, 3.05) is 25.5 Å². The highest BCUT2D eigenvalue weighted by molar-refractivity contribution is 5.95. The molecule has 1 rings (SSSR count). The van der Waals surface area contributed by atoms with Gasteiger partial charge in [-0.05, 0) is 19.1 Å². The number of anilines is 1. The number of amides is 1. The van der Waals surface area contributed by atoms with E-state index in [2.05, 4.69) is 5.32 Å². The minimum Gasteiger partial charge on any atom is -0.478 e. The molecule has 0 saturated heterocycles. The largest absolute Gasteiger partial charge is 0.478 e. The van der Waals surface area contributed by atoms with Gasteiger partial charge in [-0.2, -0.15) is 0 Å². The normalized spacial score (nSPS) is 9.94. The van der Waals surface area contributed by atoms with Gasteiger partial charge < -0.3 is 15.3 Å². The Bertz CT molecular complexity index is 463. The summed E-state index contributed by atoms with van der Waals surface area (Å²) in [4.78, 5) is 23.9. The van der Waals surface area contributed by atoms with E-state index in [9.17, 15) is 14.0 Å². The molecule has 6 heteroatoms. The van der Waals surface area contributed by atoms with Gasteiger partial charge in [0, 0.05) is 13.6 Å². The Morgan fingerprint density at radius 1 is 1.44 bits per heavy atom. The number of aromatic carboxylic acids is 1. The fourth-order valence-electron chi connectivity index (χ4n) is 1.36. The lowest BCUT2D eigenvalue weighted by Crippen LogP contribution is -2.32. The second kappa shape index (κ2) is 6.00. The fraction of sp³-hybridized carbons (Fsp3) is 0.333. The molecule has 1 aromatic rings. The third-order valence-electron chi connectivity index (χ3n) is 2.56. The smallest absolute Gasteiger partial charge is 0.337 e. The second-order valence-corrected chi connectivity index (χ2v) is 3.73. The first kappa shape index (κ1) is 14.0. The SMILES string of the molecule is CCN(C)C(=O)CNc1c(F)cccc1C(=O)O. The molecule has 0 bridgehead atoms. The highest BCUT2D eigenvalue weighted by atomic mass is 19.1. The van der Waals surface area contributed by atoms with Gasteiger partial charge in [-0.3, -0.25) is 4.79 Å². The number of nitrogens with zero attached hydrogens (tertiary/aromatic N) is 1. The van der Waals surface area contributed by atoms with Crippen LogP contribution in [0.1, 0.15) is 17.3 Å². The van der Waals surface area contributed by atoms with Crippen molar-refractivity contribution in [3.05, 3.63) is 29.6 Å². The molecule has 98 valence electrons. The van der Waals surface area contributed by atoms with Crippen molar-refractivity contribution in [2.24, 2.45) is 0 Å². The summed E-state index contributed by atoms with van der Waals surface area (Å²) in [6.07, 6.45) is 0. The Balaban J connectivity index is 2.84. The first-order valence-electron chi connectivity index (χ1n) is 5.47. The van der Waals surface area contributed by atoms with Gasteiger partial charge in [0.15, 0.2) is 0 Å². The van der Waals surface area contributed by atoms with Gasteiger partial charge >= 0.3 is 5.97 Å². The van der Waals surface area contributed by atoms with Gasteiger partial charge in [0.05, 0.1) is 17.8 Å². The maximum absolute atomic E-state index is 13.5. The Hall–Kier alpha value is -2.11. The molecule has 0 saturated carbocycles. The predicted octanol–water partition coefficient (Wildman–Crippen LogP) is 1.41. The molecule has 0 atom stereocenters. The maximum atomic E-state index is 13.5. The van der Waals surface area contributed by atoms with Crippen molar-refractivity contribution in [2.45, 2.75) is 6.92 Å². The van der Waals surface area contributed by atoms with E-state index in [1.165, 1.54) is 17.0 Å². The summed E-state index contributed by atoms with van der Waals surface area (Å²) in [5, 5.41) is 11.4. The molecule has 0 aliphatic rings. The third kappa shape index (κ3) is 3.19. The maximum Gasteiger partial charge on any atom is 0.337 e. The van der Waals surface area contributed by atoms with E-state index < -0.39 is 11.8 Å². The zero-order valence-corrected chi connectivity index (χ0v) is 10.2. The molecule has 1 aromatic carbocycles. The molecule has 0 heterocycles. The van der Waals surface area contributed by atoms with Gasteiger partial charge in [0.25, 0.3) is 0 Å². The Labute approximate surface area is 104 Å². The van der Waals surface area contributed by atoms with Crippen LogP contribution in [0.2, 0.25) is 0 Å². The number of benzene rings is 1. The molecule has 0 aromatic heterocycles. The summed E-state index contributed by atoms with van der Waals surface area (Å²) in [6, 6.07) is 3.73. The number of halogens is 1. The second-order valence-electron chi connectivity index (χ2n) is 3.73. The zero-order valence-electron chi connectivity index (χ0n) is 10.2. The number of carboxylic acids is 1. The van der Waals surface area contributed by atoms with E-state index in [-0.39, 0.29) is 23.7 Å². The molecule has 18 heavy (non-hydrogen) atoms. The topological polar surface area (TPSA) is 69.6 Å². The van der Waals surface area contributed by atoms with Crippen molar-refractivity contribution in [1.82, 2.24) is 4.90 Å². The van der Waals surface area contributed by atoms with Crippen LogP contribution in [0.3, 0.4) is 0 Å². The minimum absolute atomic E-state index is 0.147. The summed E-state index contributed by atoms with van der Waals surface area (Å²) in [6.45, 7) is 2.19. The molecular formula is C12H15FN2O3. The number of carboxylic acid groups (broad SMARTS) is 1. The molecule has 0 unspecified atom stereocenters. The number of carbonyl (C=O) groups excluding carboxylic acids is 1. The van der Waals surface area contributed by atoms with Crippen LogP contribution in [0.25, 0.3) is 0 Å². The molecule has 0 spiro atoms. The van der Waals surface area contributed by atoms with Gasteiger partial charge in [-0.25, -0.2) is 9.18 Å². The summed E-state index contributed by atoms with van der Waals surface area (Å²) in [5.41, 5.74) is -0.357. The predicted molar refractivity (Wildman–Crippen MR) is 65.2 cm³/mol. The lowest BCUT2D eigenvalue weighted by atomic mass is 10.1. The van der Waals surface area contributed by atoms with Crippen LogP contribution in [-0.2, 0) is 4.79 Å². The third-order valence-corrected chi connectivity index (χ3v) is 2.56. The van der Waals surface area contributed by atoms with Gasteiger partial charge in [-0.1, -0.05) is 6.07 Å². The summed E-state index contributed by atoms with van der Waals surface area (Å²) in [7, 11) is 1.61. The Morgan fingerprint density at radius 2 is 2.11 bits per heavy atom. The first-order chi connectivity index (χ1) is 8.47. The minimum atomic E-state index is -1.24. The number of rotatable bonds is 5. The number of para-hydroxylation sites is 1. The van der Waals surface area contributed by atoms with Crippen molar-refractivity contribution < 1.29 is 19.1 Å². The average Bonchev–Trinajstić information content (AvgIpc) is 2.35. The number of hydrogen-bond donors (Lipinski definition) is 2. The summed E-state index contributed by atoms with van der Waals surface area (Å²) >= 11 is 0. The molecule has 2 N–H and O–H groups in total. The van der Waals surface area contributed by atoms with Crippen molar-refractivity contribution in [3.63, 3.8) is 0 Å². The molecule has 0 aliphatic heterocycles. The number of carbonyl (C=O) groups is 2. The summed E-state index contributed by atoms with van der Waals surface area (Å²) in [5.74, 6) is -2.17.